The van der Waals surface area contributed by atoms with Crippen LogP contribution in [-0.4, -0.2) is 12.7 Å². The van der Waals surface area contributed by atoms with Crippen molar-refractivity contribution in [3.63, 3.8) is 0 Å². The fourth-order valence-electron chi connectivity index (χ4n) is 3.09. The molecule has 22 heavy (non-hydrogen) atoms. The monoisotopic (exact) mass is 304 g/mol. The van der Waals surface area contributed by atoms with Gasteiger partial charge in [-0.3, -0.25) is 0 Å². The fourth-order valence-corrected chi connectivity index (χ4v) is 3.09. The summed E-state index contributed by atoms with van der Waals surface area (Å²) in [5, 5.41) is 0. The van der Waals surface area contributed by atoms with Gasteiger partial charge in [-0.05, 0) is 57.1 Å². The summed E-state index contributed by atoms with van der Waals surface area (Å²) in [5.41, 5.74) is 0.533. The molecule has 0 bridgehead atoms. The van der Waals surface area contributed by atoms with Crippen LogP contribution >= 0.6 is 0 Å². The third kappa shape index (κ3) is 3.63. The summed E-state index contributed by atoms with van der Waals surface area (Å²) in [6, 6.07) is 3.51. The molecule has 1 aromatic carbocycles. The second-order valence-corrected chi connectivity index (χ2v) is 6.46. The minimum Gasteiger partial charge on any atom is -0.489 e. The highest BCUT2D eigenvalue weighted by Gasteiger charge is 2.21. The van der Waals surface area contributed by atoms with E-state index in [0.29, 0.717) is 29.6 Å². The lowest BCUT2D eigenvalue weighted by molar-refractivity contribution is 0.114. The van der Waals surface area contributed by atoms with E-state index >= 15 is 0 Å². The topological polar surface area (TPSA) is 18.5 Å². The van der Waals surface area contributed by atoms with E-state index in [0.717, 1.165) is 12.8 Å². The number of hydrogen-bond acceptors (Lipinski definition) is 2. The van der Waals surface area contributed by atoms with Crippen molar-refractivity contribution >= 4 is 0 Å². The quantitative estimate of drug-likeness (QED) is 0.673. The summed E-state index contributed by atoms with van der Waals surface area (Å²) in [6.07, 6.45) is 13.0. The molecule has 0 spiro atoms. The lowest BCUT2D eigenvalue weighted by Crippen LogP contribution is -2.25. The standard InChI is InChI=1S/C19H25FO2/c1-14-17(21-13-5-8-15-6-2-3-7-15)11-12-18(19(14)20)22-16-9-4-10-16/h5,8,11-12,15-16H,2-4,6-7,9-10,13H2,1H3/b8-5+. The Labute approximate surface area is 132 Å². The Morgan fingerprint density at radius 3 is 2.50 bits per heavy atom. The molecule has 3 rings (SSSR count). The average molecular weight is 304 g/mol. The zero-order chi connectivity index (χ0) is 15.4. The molecule has 2 fully saturated rings. The molecule has 0 amide bonds. The molecular formula is C19H25FO2. The van der Waals surface area contributed by atoms with E-state index in [4.69, 9.17) is 9.47 Å². The zero-order valence-electron chi connectivity index (χ0n) is 13.3. The van der Waals surface area contributed by atoms with Gasteiger partial charge in [0, 0.05) is 5.56 Å². The molecule has 0 heterocycles. The zero-order valence-corrected chi connectivity index (χ0v) is 13.3. The average Bonchev–Trinajstić information content (AvgIpc) is 2.98. The molecule has 0 radical (unpaired) electrons. The van der Waals surface area contributed by atoms with Crippen LogP contribution in [-0.2, 0) is 0 Å². The molecular weight excluding hydrogens is 279 g/mol. The molecule has 3 heteroatoms. The largest absolute Gasteiger partial charge is 0.489 e. The molecule has 2 aliphatic carbocycles. The second-order valence-electron chi connectivity index (χ2n) is 6.46. The lowest BCUT2D eigenvalue weighted by Gasteiger charge is -2.27. The van der Waals surface area contributed by atoms with Gasteiger partial charge in [-0.25, -0.2) is 4.39 Å². The number of allylic oxidation sites excluding steroid dienone is 1. The van der Waals surface area contributed by atoms with Crippen LogP contribution in [0.1, 0.15) is 50.5 Å². The summed E-state index contributed by atoms with van der Waals surface area (Å²) >= 11 is 0. The highest BCUT2D eigenvalue weighted by Crippen LogP contribution is 2.32. The number of halogens is 1. The van der Waals surface area contributed by atoms with Crippen molar-refractivity contribution < 1.29 is 13.9 Å². The van der Waals surface area contributed by atoms with E-state index < -0.39 is 0 Å². The van der Waals surface area contributed by atoms with E-state index in [1.807, 2.05) is 6.07 Å². The summed E-state index contributed by atoms with van der Waals surface area (Å²) in [5.74, 6) is 1.38. The molecule has 120 valence electrons. The Bertz CT molecular complexity index is 528. The van der Waals surface area contributed by atoms with Crippen molar-refractivity contribution in [2.24, 2.45) is 5.92 Å². The summed E-state index contributed by atoms with van der Waals surface area (Å²) < 4.78 is 25.7. The first-order valence-electron chi connectivity index (χ1n) is 8.49. The van der Waals surface area contributed by atoms with Gasteiger partial charge in [0.15, 0.2) is 11.6 Å². The van der Waals surface area contributed by atoms with Gasteiger partial charge in [0.2, 0.25) is 0 Å². The Kier molecular flexibility index (Phi) is 5.01. The van der Waals surface area contributed by atoms with Crippen LogP contribution in [0.4, 0.5) is 4.39 Å². The second kappa shape index (κ2) is 7.17. The maximum absolute atomic E-state index is 14.3. The van der Waals surface area contributed by atoms with Gasteiger partial charge < -0.3 is 9.47 Å². The molecule has 0 atom stereocenters. The third-order valence-corrected chi connectivity index (χ3v) is 4.79. The first-order chi connectivity index (χ1) is 10.7. The van der Waals surface area contributed by atoms with Crippen LogP contribution in [0.5, 0.6) is 11.5 Å². The molecule has 0 aliphatic heterocycles. The molecule has 2 nitrogen and oxygen atoms in total. The van der Waals surface area contributed by atoms with E-state index in [1.165, 1.54) is 32.1 Å². The lowest BCUT2D eigenvalue weighted by atomic mass is 9.96. The molecule has 0 aromatic heterocycles. The van der Waals surface area contributed by atoms with Crippen LogP contribution in [0.15, 0.2) is 24.3 Å². The van der Waals surface area contributed by atoms with E-state index in [-0.39, 0.29) is 11.9 Å². The van der Waals surface area contributed by atoms with Gasteiger partial charge in [-0.15, -0.1) is 0 Å². The van der Waals surface area contributed by atoms with E-state index in [2.05, 4.69) is 12.2 Å². The van der Waals surface area contributed by atoms with Crippen molar-refractivity contribution in [1.29, 1.82) is 0 Å². The van der Waals surface area contributed by atoms with Crippen molar-refractivity contribution in [2.75, 3.05) is 6.61 Å². The first kappa shape index (κ1) is 15.4. The molecule has 2 aliphatic rings. The van der Waals surface area contributed by atoms with Crippen LogP contribution in [0.2, 0.25) is 0 Å². The molecule has 1 aromatic rings. The maximum Gasteiger partial charge on any atom is 0.171 e. The van der Waals surface area contributed by atoms with Gasteiger partial charge in [-0.2, -0.15) is 0 Å². The number of rotatable bonds is 6. The first-order valence-corrected chi connectivity index (χ1v) is 8.49. The number of benzene rings is 1. The van der Waals surface area contributed by atoms with Crippen LogP contribution in [0.25, 0.3) is 0 Å². The van der Waals surface area contributed by atoms with Gasteiger partial charge in [0.25, 0.3) is 0 Å². The van der Waals surface area contributed by atoms with Crippen molar-refractivity contribution in [3.05, 3.63) is 35.7 Å². The minimum absolute atomic E-state index is 0.190. The van der Waals surface area contributed by atoms with Gasteiger partial charge in [0.05, 0.1) is 6.10 Å². The van der Waals surface area contributed by atoms with Gasteiger partial charge in [-0.1, -0.05) is 25.0 Å². The fraction of sp³-hybridized carbons (Fsp3) is 0.579. The SMILES string of the molecule is Cc1c(OC/C=C/C2CCCC2)ccc(OC2CCC2)c1F. The van der Waals surface area contributed by atoms with E-state index in [1.54, 1.807) is 13.0 Å². The maximum atomic E-state index is 14.3. The molecule has 0 N–H and O–H groups in total. The number of ether oxygens (including phenoxy) is 2. The Morgan fingerprint density at radius 1 is 1.09 bits per heavy atom. The predicted octanol–water partition coefficient (Wildman–Crippen LogP) is 5.19. The minimum atomic E-state index is -0.288. The van der Waals surface area contributed by atoms with E-state index in [9.17, 15) is 4.39 Å². The van der Waals surface area contributed by atoms with Crippen LogP contribution in [0.3, 0.4) is 0 Å². The summed E-state index contributed by atoms with van der Waals surface area (Å²) in [6.45, 7) is 2.25. The number of hydrogen-bond donors (Lipinski definition) is 0. The van der Waals surface area contributed by atoms with Crippen molar-refractivity contribution in [3.8, 4) is 11.5 Å². The summed E-state index contributed by atoms with van der Waals surface area (Å²) in [4.78, 5) is 0. The Morgan fingerprint density at radius 2 is 1.82 bits per heavy atom. The van der Waals surface area contributed by atoms with Crippen LogP contribution in [0, 0.1) is 18.7 Å². The van der Waals surface area contributed by atoms with Crippen LogP contribution < -0.4 is 9.47 Å². The Hall–Kier alpha value is -1.51. The third-order valence-electron chi connectivity index (χ3n) is 4.79. The molecule has 0 saturated heterocycles. The Balaban J connectivity index is 1.55. The van der Waals surface area contributed by atoms with Gasteiger partial charge in [0.1, 0.15) is 12.4 Å². The normalized spacial score (nSPS) is 19.5. The highest BCUT2D eigenvalue weighted by molar-refractivity contribution is 5.41. The van der Waals surface area contributed by atoms with Gasteiger partial charge >= 0.3 is 0 Å². The molecule has 2 saturated carbocycles. The predicted molar refractivity (Wildman–Crippen MR) is 86.0 cm³/mol. The highest BCUT2D eigenvalue weighted by atomic mass is 19.1. The molecule has 0 unspecified atom stereocenters. The smallest absolute Gasteiger partial charge is 0.171 e. The van der Waals surface area contributed by atoms with Crippen molar-refractivity contribution in [2.45, 2.75) is 58.0 Å². The summed E-state index contributed by atoms with van der Waals surface area (Å²) in [7, 11) is 0. The van der Waals surface area contributed by atoms with Crippen molar-refractivity contribution in [1.82, 2.24) is 0 Å².